The molecule has 1 nitrogen and oxygen atoms in total. The van der Waals surface area contributed by atoms with Crippen LogP contribution in [0, 0.1) is 11.3 Å². The smallest absolute Gasteiger partial charge is 0.0651 e. The highest BCUT2D eigenvalue weighted by molar-refractivity contribution is 4.82. The van der Waals surface area contributed by atoms with E-state index in [0.717, 1.165) is 12.5 Å². The van der Waals surface area contributed by atoms with E-state index < -0.39 is 0 Å². The van der Waals surface area contributed by atoms with E-state index in [2.05, 4.69) is 27.7 Å². The molecule has 0 bridgehead atoms. The quantitative estimate of drug-likeness (QED) is 0.604. The van der Waals surface area contributed by atoms with E-state index in [1.165, 1.54) is 25.7 Å². The van der Waals surface area contributed by atoms with Crippen LogP contribution in [-0.4, -0.2) is 12.7 Å². The number of hydrogen-bond donors (Lipinski definition) is 0. The highest BCUT2D eigenvalue weighted by Crippen LogP contribution is 2.34. The molecule has 2 unspecified atom stereocenters. The minimum Gasteiger partial charge on any atom is -0.377 e. The van der Waals surface area contributed by atoms with Crippen LogP contribution in [0.25, 0.3) is 0 Å². The van der Waals surface area contributed by atoms with E-state index >= 15 is 0 Å². The average molecular weight is 184 g/mol. The summed E-state index contributed by atoms with van der Waals surface area (Å²) in [5.41, 5.74) is 0.311. The lowest BCUT2D eigenvalue weighted by atomic mass is 9.78. The summed E-state index contributed by atoms with van der Waals surface area (Å²) in [6, 6.07) is 0. The first-order chi connectivity index (χ1) is 6.05. The second-order valence-electron chi connectivity index (χ2n) is 5.32. The lowest BCUT2D eigenvalue weighted by molar-refractivity contribution is -0.0460. The Hall–Kier alpha value is -0.0400. The van der Waals surface area contributed by atoms with Crippen molar-refractivity contribution in [2.75, 3.05) is 6.61 Å². The molecule has 1 aliphatic heterocycles. The molecule has 0 aromatic heterocycles. The molecule has 1 saturated heterocycles. The van der Waals surface area contributed by atoms with Gasteiger partial charge in [-0.1, -0.05) is 40.5 Å². The fourth-order valence-electron chi connectivity index (χ4n) is 2.38. The predicted molar refractivity (Wildman–Crippen MR) is 56.8 cm³/mol. The van der Waals surface area contributed by atoms with Crippen LogP contribution in [0.3, 0.4) is 0 Å². The maximum atomic E-state index is 5.97. The molecule has 0 aromatic carbocycles. The predicted octanol–water partition coefficient (Wildman–Crippen LogP) is 3.63. The van der Waals surface area contributed by atoms with E-state index in [-0.39, 0.29) is 0 Å². The maximum Gasteiger partial charge on any atom is 0.0651 e. The first-order valence-electron chi connectivity index (χ1n) is 5.67. The van der Waals surface area contributed by atoms with Crippen LogP contribution in [-0.2, 0) is 4.74 Å². The molecule has 1 rings (SSSR count). The number of hydrogen-bond acceptors (Lipinski definition) is 1. The molecule has 2 atom stereocenters. The van der Waals surface area contributed by atoms with E-state index in [1.807, 2.05) is 0 Å². The largest absolute Gasteiger partial charge is 0.377 e. The SMILES string of the molecule is CCC1CCCCOC1C(C)(C)C. The molecule has 0 radical (unpaired) electrons. The molecule has 1 heteroatoms. The summed E-state index contributed by atoms with van der Waals surface area (Å²) in [7, 11) is 0. The van der Waals surface area contributed by atoms with Gasteiger partial charge in [-0.25, -0.2) is 0 Å². The lowest BCUT2D eigenvalue weighted by Gasteiger charge is -2.35. The van der Waals surface area contributed by atoms with Crippen molar-refractivity contribution in [3.8, 4) is 0 Å². The molecule has 1 aliphatic rings. The van der Waals surface area contributed by atoms with E-state index in [0.29, 0.717) is 11.5 Å². The maximum absolute atomic E-state index is 5.97. The van der Waals surface area contributed by atoms with Gasteiger partial charge in [-0.3, -0.25) is 0 Å². The fourth-order valence-corrected chi connectivity index (χ4v) is 2.38. The van der Waals surface area contributed by atoms with Crippen LogP contribution in [0.5, 0.6) is 0 Å². The minimum atomic E-state index is 0.311. The standard InChI is InChI=1S/C12H24O/c1-5-10-8-6-7-9-13-11(10)12(2,3)4/h10-11H,5-9H2,1-4H3. The van der Waals surface area contributed by atoms with Crippen LogP contribution >= 0.6 is 0 Å². The summed E-state index contributed by atoms with van der Waals surface area (Å²) >= 11 is 0. The first-order valence-corrected chi connectivity index (χ1v) is 5.67. The van der Waals surface area contributed by atoms with Crippen LogP contribution in [0.15, 0.2) is 0 Å². The van der Waals surface area contributed by atoms with Gasteiger partial charge in [0.15, 0.2) is 0 Å². The Morgan fingerprint density at radius 2 is 1.92 bits per heavy atom. The van der Waals surface area contributed by atoms with Crippen molar-refractivity contribution in [2.24, 2.45) is 11.3 Å². The van der Waals surface area contributed by atoms with Crippen LogP contribution in [0.1, 0.15) is 53.4 Å². The number of ether oxygens (including phenoxy) is 1. The van der Waals surface area contributed by atoms with Gasteiger partial charge in [0.2, 0.25) is 0 Å². The Kier molecular flexibility index (Phi) is 3.78. The van der Waals surface area contributed by atoms with Gasteiger partial charge in [0, 0.05) is 6.61 Å². The summed E-state index contributed by atoms with van der Waals surface area (Å²) in [5.74, 6) is 0.780. The Morgan fingerprint density at radius 3 is 2.46 bits per heavy atom. The first kappa shape index (κ1) is 11.0. The third-order valence-corrected chi connectivity index (χ3v) is 3.07. The summed E-state index contributed by atoms with van der Waals surface area (Å²) in [5, 5.41) is 0. The normalized spacial score (nSPS) is 31.4. The monoisotopic (exact) mass is 184 g/mol. The molecule has 1 fully saturated rings. The molecular weight excluding hydrogens is 160 g/mol. The summed E-state index contributed by atoms with van der Waals surface area (Å²) in [4.78, 5) is 0. The van der Waals surface area contributed by atoms with Crippen molar-refractivity contribution in [3.63, 3.8) is 0 Å². The highest BCUT2D eigenvalue weighted by atomic mass is 16.5. The molecule has 0 spiro atoms. The molecular formula is C12H24O. The van der Waals surface area contributed by atoms with Gasteiger partial charge in [-0.05, 0) is 24.2 Å². The van der Waals surface area contributed by atoms with Gasteiger partial charge in [0.25, 0.3) is 0 Å². The second-order valence-corrected chi connectivity index (χ2v) is 5.32. The third-order valence-electron chi connectivity index (χ3n) is 3.07. The Labute approximate surface area is 82.9 Å². The van der Waals surface area contributed by atoms with Gasteiger partial charge in [-0.15, -0.1) is 0 Å². The summed E-state index contributed by atoms with van der Waals surface area (Å²) < 4.78 is 5.97. The molecule has 0 amide bonds. The van der Waals surface area contributed by atoms with Gasteiger partial charge >= 0.3 is 0 Å². The number of rotatable bonds is 1. The zero-order chi connectivity index (χ0) is 9.90. The van der Waals surface area contributed by atoms with Crippen LogP contribution in [0.4, 0.5) is 0 Å². The molecule has 0 aromatic rings. The summed E-state index contributed by atoms with van der Waals surface area (Å²) in [6.45, 7) is 10.2. The topological polar surface area (TPSA) is 9.23 Å². The van der Waals surface area contributed by atoms with Crippen molar-refractivity contribution in [2.45, 2.75) is 59.5 Å². The molecule has 0 aliphatic carbocycles. The second kappa shape index (κ2) is 4.45. The molecule has 1 heterocycles. The van der Waals surface area contributed by atoms with Crippen molar-refractivity contribution < 1.29 is 4.74 Å². The molecule has 13 heavy (non-hydrogen) atoms. The van der Waals surface area contributed by atoms with Crippen molar-refractivity contribution in [1.29, 1.82) is 0 Å². The van der Waals surface area contributed by atoms with Gasteiger partial charge in [-0.2, -0.15) is 0 Å². The van der Waals surface area contributed by atoms with Crippen LogP contribution in [0.2, 0.25) is 0 Å². The van der Waals surface area contributed by atoms with E-state index in [4.69, 9.17) is 4.74 Å². The van der Waals surface area contributed by atoms with Crippen molar-refractivity contribution in [1.82, 2.24) is 0 Å². The lowest BCUT2D eigenvalue weighted by Crippen LogP contribution is -2.35. The third kappa shape index (κ3) is 2.98. The Morgan fingerprint density at radius 1 is 1.23 bits per heavy atom. The highest BCUT2D eigenvalue weighted by Gasteiger charge is 2.32. The van der Waals surface area contributed by atoms with Crippen LogP contribution < -0.4 is 0 Å². The zero-order valence-corrected chi connectivity index (χ0v) is 9.60. The minimum absolute atomic E-state index is 0.311. The van der Waals surface area contributed by atoms with Crippen molar-refractivity contribution in [3.05, 3.63) is 0 Å². The van der Waals surface area contributed by atoms with Gasteiger partial charge in [0.1, 0.15) is 0 Å². The zero-order valence-electron chi connectivity index (χ0n) is 9.60. The van der Waals surface area contributed by atoms with Gasteiger partial charge < -0.3 is 4.74 Å². The molecule has 0 N–H and O–H groups in total. The van der Waals surface area contributed by atoms with E-state index in [9.17, 15) is 0 Å². The fraction of sp³-hybridized carbons (Fsp3) is 1.00. The molecule has 78 valence electrons. The Bertz CT molecular complexity index is 146. The van der Waals surface area contributed by atoms with Crippen molar-refractivity contribution >= 4 is 0 Å². The van der Waals surface area contributed by atoms with Gasteiger partial charge in [0.05, 0.1) is 6.10 Å². The Balaban J connectivity index is 2.65. The molecule has 0 saturated carbocycles. The van der Waals surface area contributed by atoms with E-state index in [1.54, 1.807) is 0 Å². The summed E-state index contributed by atoms with van der Waals surface area (Å²) in [6.07, 6.45) is 5.70. The average Bonchev–Trinajstić information content (AvgIpc) is 2.26.